The maximum Gasteiger partial charge on any atom is 0.410 e. The van der Waals surface area contributed by atoms with Gasteiger partial charge in [0.05, 0.1) is 0 Å². The fraction of sp³-hybridized carbons (Fsp3) is 0.619. The van der Waals surface area contributed by atoms with Gasteiger partial charge in [-0.15, -0.1) is 0 Å². The Hall–Kier alpha value is -2.24. The number of benzene rings is 1. The molecule has 0 N–H and O–H groups in total. The minimum Gasteiger partial charge on any atom is -0.445 e. The highest BCUT2D eigenvalue weighted by molar-refractivity contribution is 5.69. The van der Waals surface area contributed by atoms with Gasteiger partial charge in [-0.2, -0.15) is 0 Å². The van der Waals surface area contributed by atoms with E-state index in [-0.39, 0.29) is 36.7 Å². The first-order valence-electron chi connectivity index (χ1n) is 9.66. The van der Waals surface area contributed by atoms with E-state index in [0.29, 0.717) is 13.1 Å². The van der Waals surface area contributed by atoms with E-state index < -0.39 is 5.60 Å². The number of likely N-dealkylation sites (tertiary alicyclic amines) is 1. The van der Waals surface area contributed by atoms with Crippen LogP contribution in [0.3, 0.4) is 0 Å². The van der Waals surface area contributed by atoms with Crippen LogP contribution in [0.25, 0.3) is 0 Å². The Morgan fingerprint density at radius 1 is 1.11 bits per heavy atom. The zero-order chi connectivity index (χ0) is 19.6. The Kier molecular flexibility index (Phi) is 5.63. The molecule has 2 amide bonds. The molecule has 1 aliphatic heterocycles. The molecular weight excluding hydrogens is 344 g/mol. The standard InChI is InChI=1S/C21H30N2O4/c1-21(2,3)27-19(24)22(4)18-16-10-11-17(18)13-23(12-16)20(25)26-14-15-8-6-5-7-9-15/h5-9,16-18H,10-14H2,1-4H3/t16-,17+,18?. The summed E-state index contributed by atoms with van der Waals surface area (Å²) in [5, 5.41) is 0. The van der Waals surface area contributed by atoms with Gasteiger partial charge in [-0.05, 0) is 51.0 Å². The predicted octanol–water partition coefficient (Wildman–Crippen LogP) is 3.90. The molecule has 2 bridgehead atoms. The van der Waals surface area contributed by atoms with Crippen molar-refractivity contribution in [1.82, 2.24) is 9.80 Å². The van der Waals surface area contributed by atoms with Crippen LogP contribution < -0.4 is 0 Å². The number of hydrogen-bond acceptors (Lipinski definition) is 4. The molecule has 2 fully saturated rings. The van der Waals surface area contributed by atoms with Crippen molar-refractivity contribution < 1.29 is 19.1 Å². The third-order valence-electron chi connectivity index (χ3n) is 5.38. The molecule has 0 aromatic heterocycles. The third-order valence-corrected chi connectivity index (χ3v) is 5.38. The van der Waals surface area contributed by atoms with Gasteiger partial charge >= 0.3 is 12.2 Å². The number of amides is 2. The van der Waals surface area contributed by atoms with E-state index in [4.69, 9.17) is 9.47 Å². The molecule has 1 aromatic carbocycles. The highest BCUT2D eigenvalue weighted by atomic mass is 16.6. The van der Waals surface area contributed by atoms with Crippen molar-refractivity contribution >= 4 is 12.2 Å². The average molecular weight is 374 g/mol. The zero-order valence-corrected chi connectivity index (χ0v) is 16.7. The lowest BCUT2D eigenvalue weighted by Gasteiger charge is -2.41. The Morgan fingerprint density at radius 2 is 1.70 bits per heavy atom. The van der Waals surface area contributed by atoms with Gasteiger partial charge in [-0.1, -0.05) is 30.3 Å². The van der Waals surface area contributed by atoms with Gasteiger partial charge in [-0.25, -0.2) is 9.59 Å². The Balaban J connectivity index is 1.56. The van der Waals surface area contributed by atoms with Gasteiger partial charge in [0.25, 0.3) is 0 Å². The molecule has 1 saturated carbocycles. The van der Waals surface area contributed by atoms with Crippen LogP contribution in [0.4, 0.5) is 9.59 Å². The van der Waals surface area contributed by atoms with Crippen LogP contribution in [0.2, 0.25) is 0 Å². The number of piperidine rings is 1. The summed E-state index contributed by atoms with van der Waals surface area (Å²) in [5.41, 5.74) is 0.472. The second-order valence-electron chi connectivity index (χ2n) is 8.62. The molecule has 148 valence electrons. The monoisotopic (exact) mass is 374 g/mol. The molecule has 2 aliphatic rings. The number of hydrogen-bond donors (Lipinski definition) is 0. The van der Waals surface area contributed by atoms with Crippen LogP contribution in [0.1, 0.15) is 39.2 Å². The van der Waals surface area contributed by atoms with Gasteiger partial charge in [0.15, 0.2) is 0 Å². The van der Waals surface area contributed by atoms with Gasteiger partial charge in [-0.3, -0.25) is 0 Å². The molecule has 1 heterocycles. The smallest absolute Gasteiger partial charge is 0.410 e. The van der Waals surface area contributed by atoms with Crippen molar-refractivity contribution in [2.45, 2.75) is 51.9 Å². The lowest BCUT2D eigenvalue weighted by atomic mass is 9.91. The van der Waals surface area contributed by atoms with Crippen LogP contribution in [-0.4, -0.2) is 53.8 Å². The molecular formula is C21H30N2O4. The molecule has 3 atom stereocenters. The van der Waals surface area contributed by atoms with Crippen LogP contribution in [0.5, 0.6) is 0 Å². The molecule has 1 saturated heterocycles. The summed E-state index contributed by atoms with van der Waals surface area (Å²) >= 11 is 0. The van der Waals surface area contributed by atoms with Crippen LogP contribution in [-0.2, 0) is 16.1 Å². The summed E-state index contributed by atoms with van der Waals surface area (Å²) in [6, 6.07) is 9.81. The first-order chi connectivity index (χ1) is 12.7. The number of fused-ring (bicyclic) bond motifs is 2. The first kappa shape index (κ1) is 19.5. The van der Waals surface area contributed by atoms with Gasteiger partial charge in [0.2, 0.25) is 0 Å². The normalized spacial score (nSPS) is 24.4. The number of carbonyl (C=O) groups excluding carboxylic acids is 2. The lowest BCUT2D eigenvalue weighted by molar-refractivity contribution is 0.000108. The maximum absolute atomic E-state index is 12.5. The van der Waals surface area contributed by atoms with Crippen molar-refractivity contribution in [3.8, 4) is 0 Å². The first-order valence-corrected chi connectivity index (χ1v) is 9.66. The van der Waals surface area contributed by atoms with Crippen molar-refractivity contribution in [3.05, 3.63) is 35.9 Å². The molecule has 6 nitrogen and oxygen atoms in total. The topological polar surface area (TPSA) is 59.1 Å². The van der Waals surface area contributed by atoms with Crippen molar-refractivity contribution in [1.29, 1.82) is 0 Å². The van der Waals surface area contributed by atoms with E-state index in [9.17, 15) is 9.59 Å². The number of carbonyl (C=O) groups is 2. The van der Waals surface area contributed by atoms with Gasteiger partial charge in [0.1, 0.15) is 12.2 Å². The summed E-state index contributed by atoms with van der Waals surface area (Å²) in [5.74, 6) is 0.538. The second-order valence-corrected chi connectivity index (χ2v) is 8.62. The minimum absolute atomic E-state index is 0.123. The van der Waals surface area contributed by atoms with Crippen molar-refractivity contribution in [2.24, 2.45) is 11.8 Å². The highest BCUT2D eigenvalue weighted by Gasteiger charge is 2.47. The van der Waals surface area contributed by atoms with Gasteiger partial charge in [0, 0.05) is 26.2 Å². The number of nitrogens with zero attached hydrogens (tertiary/aromatic N) is 2. The molecule has 1 unspecified atom stereocenters. The molecule has 0 spiro atoms. The van der Waals surface area contributed by atoms with E-state index in [0.717, 1.165) is 18.4 Å². The molecule has 0 radical (unpaired) electrons. The van der Waals surface area contributed by atoms with E-state index in [1.54, 1.807) is 9.80 Å². The van der Waals surface area contributed by atoms with Crippen LogP contribution >= 0.6 is 0 Å². The Labute approximate surface area is 161 Å². The second kappa shape index (κ2) is 7.79. The molecule has 27 heavy (non-hydrogen) atoms. The fourth-order valence-corrected chi connectivity index (χ4v) is 4.24. The molecule has 1 aromatic rings. The summed E-state index contributed by atoms with van der Waals surface area (Å²) in [7, 11) is 1.81. The van der Waals surface area contributed by atoms with E-state index >= 15 is 0 Å². The van der Waals surface area contributed by atoms with Crippen molar-refractivity contribution in [2.75, 3.05) is 20.1 Å². The molecule has 3 rings (SSSR count). The predicted molar refractivity (Wildman–Crippen MR) is 102 cm³/mol. The highest BCUT2D eigenvalue weighted by Crippen LogP contribution is 2.40. The summed E-state index contributed by atoms with van der Waals surface area (Å²) in [4.78, 5) is 28.5. The van der Waals surface area contributed by atoms with Gasteiger partial charge < -0.3 is 19.3 Å². The van der Waals surface area contributed by atoms with E-state index in [2.05, 4.69) is 0 Å². The van der Waals surface area contributed by atoms with E-state index in [1.165, 1.54) is 0 Å². The SMILES string of the molecule is CN(C(=O)OC(C)(C)C)C1[C@@H]2CC[C@H]1CN(C(=O)OCc1ccccc1)C2. The maximum atomic E-state index is 12.5. The lowest BCUT2D eigenvalue weighted by Crippen LogP contribution is -2.55. The largest absolute Gasteiger partial charge is 0.445 e. The zero-order valence-electron chi connectivity index (χ0n) is 16.7. The number of rotatable bonds is 3. The minimum atomic E-state index is -0.508. The number of ether oxygens (including phenoxy) is 2. The summed E-state index contributed by atoms with van der Waals surface area (Å²) < 4.78 is 11.0. The third kappa shape index (κ3) is 4.73. The summed E-state index contributed by atoms with van der Waals surface area (Å²) in [6.07, 6.45) is 1.48. The average Bonchev–Trinajstić information content (AvgIpc) is 2.87. The molecule has 1 aliphatic carbocycles. The molecule has 6 heteroatoms. The quantitative estimate of drug-likeness (QED) is 0.805. The van der Waals surface area contributed by atoms with E-state index in [1.807, 2.05) is 58.2 Å². The Morgan fingerprint density at radius 3 is 2.26 bits per heavy atom. The Bertz CT molecular complexity index is 657. The van der Waals surface area contributed by atoms with Crippen LogP contribution in [0.15, 0.2) is 30.3 Å². The van der Waals surface area contributed by atoms with Crippen LogP contribution in [0, 0.1) is 11.8 Å². The summed E-state index contributed by atoms with van der Waals surface area (Å²) in [6.45, 7) is 7.16. The van der Waals surface area contributed by atoms with Crippen molar-refractivity contribution in [3.63, 3.8) is 0 Å². The fourth-order valence-electron chi connectivity index (χ4n) is 4.24.